The standard InChI is InChI=1S/C12H14Cl2O/c1-7-4-8(2)11(9(3)5-7)15-10-6-12(10,13)14/h4-5,10H,6H2,1-3H3. The number of hydrogen-bond donors (Lipinski definition) is 0. The highest BCUT2D eigenvalue weighted by atomic mass is 35.5. The van der Waals surface area contributed by atoms with Crippen molar-refractivity contribution in [1.29, 1.82) is 0 Å². The summed E-state index contributed by atoms with van der Waals surface area (Å²) in [5.41, 5.74) is 3.53. The van der Waals surface area contributed by atoms with Crippen molar-refractivity contribution in [3.05, 3.63) is 28.8 Å². The van der Waals surface area contributed by atoms with Gasteiger partial charge in [-0.2, -0.15) is 0 Å². The second kappa shape index (κ2) is 3.57. The first-order valence-corrected chi connectivity index (χ1v) is 5.78. The molecule has 1 fully saturated rings. The first-order chi connectivity index (χ1) is 6.90. The van der Waals surface area contributed by atoms with Gasteiger partial charge < -0.3 is 4.74 Å². The van der Waals surface area contributed by atoms with Crippen LogP contribution in [0.1, 0.15) is 23.1 Å². The molecule has 1 aliphatic rings. The maximum absolute atomic E-state index is 5.93. The number of aryl methyl sites for hydroxylation is 3. The number of benzene rings is 1. The molecule has 1 nitrogen and oxygen atoms in total. The Bertz CT molecular complexity index is 376. The zero-order valence-corrected chi connectivity index (χ0v) is 10.6. The molecule has 1 aromatic carbocycles. The zero-order valence-electron chi connectivity index (χ0n) is 9.10. The highest BCUT2D eigenvalue weighted by molar-refractivity contribution is 6.51. The van der Waals surface area contributed by atoms with E-state index in [1.165, 1.54) is 5.56 Å². The molecule has 1 unspecified atom stereocenters. The molecule has 1 atom stereocenters. The molecule has 82 valence electrons. The van der Waals surface area contributed by atoms with Crippen LogP contribution in [0.3, 0.4) is 0 Å². The summed E-state index contributed by atoms with van der Waals surface area (Å²) in [5.74, 6) is 0.925. The SMILES string of the molecule is Cc1cc(C)c(OC2CC2(Cl)Cl)c(C)c1. The van der Waals surface area contributed by atoms with Crippen molar-refractivity contribution in [3.63, 3.8) is 0 Å². The van der Waals surface area contributed by atoms with Gasteiger partial charge in [0.15, 0.2) is 4.33 Å². The highest BCUT2D eigenvalue weighted by Gasteiger charge is 2.54. The molecule has 0 spiro atoms. The van der Waals surface area contributed by atoms with E-state index in [2.05, 4.69) is 19.1 Å². The van der Waals surface area contributed by atoms with Gasteiger partial charge in [0.2, 0.25) is 0 Å². The van der Waals surface area contributed by atoms with Gasteiger partial charge in [0, 0.05) is 6.42 Å². The average molecular weight is 245 g/mol. The summed E-state index contributed by atoms with van der Waals surface area (Å²) in [4.78, 5) is 0. The van der Waals surface area contributed by atoms with E-state index in [4.69, 9.17) is 27.9 Å². The van der Waals surface area contributed by atoms with Crippen LogP contribution in [-0.4, -0.2) is 10.4 Å². The molecule has 0 saturated heterocycles. The second-order valence-electron chi connectivity index (χ2n) is 4.30. The molecular weight excluding hydrogens is 231 g/mol. The molecule has 1 aromatic rings. The Balaban J connectivity index is 2.22. The highest BCUT2D eigenvalue weighted by Crippen LogP contribution is 2.49. The topological polar surface area (TPSA) is 9.23 Å². The van der Waals surface area contributed by atoms with Crippen LogP contribution >= 0.6 is 23.2 Å². The predicted octanol–water partition coefficient (Wildman–Crippen LogP) is 3.94. The molecule has 0 aliphatic heterocycles. The number of rotatable bonds is 2. The Morgan fingerprint density at radius 3 is 2.07 bits per heavy atom. The largest absolute Gasteiger partial charge is 0.487 e. The zero-order chi connectivity index (χ0) is 11.2. The van der Waals surface area contributed by atoms with Gasteiger partial charge >= 0.3 is 0 Å². The maximum Gasteiger partial charge on any atom is 0.158 e. The van der Waals surface area contributed by atoms with Crippen LogP contribution in [0.15, 0.2) is 12.1 Å². The summed E-state index contributed by atoms with van der Waals surface area (Å²) in [6.07, 6.45) is 0.656. The quantitative estimate of drug-likeness (QED) is 0.717. The third-order valence-electron chi connectivity index (χ3n) is 2.63. The smallest absolute Gasteiger partial charge is 0.158 e. The number of halogens is 2. The summed E-state index contributed by atoms with van der Waals surface area (Å²) < 4.78 is 5.12. The molecule has 0 radical (unpaired) electrons. The van der Waals surface area contributed by atoms with Crippen molar-refractivity contribution in [2.75, 3.05) is 0 Å². The molecule has 0 amide bonds. The fraction of sp³-hybridized carbons (Fsp3) is 0.500. The molecule has 0 aromatic heterocycles. The van der Waals surface area contributed by atoms with Crippen molar-refractivity contribution in [1.82, 2.24) is 0 Å². The molecule has 0 N–H and O–H groups in total. The van der Waals surface area contributed by atoms with Crippen LogP contribution in [0.4, 0.5) is 0 Å². The van der Waals surface area contributed by atoms with Crippen LogP contribution in [0, 0.1) is 20.8 Å². The lowest BCUT2D eigenvalue weighted by Gasteiger charge is -2.13. The van der Waals surface area contributed by atoms with E-state index in [1.54, 1.807) is 0 Å². The Morgan fingerprint density at radius 2 is 1.67 bits per heavy atom. The summed E-state index contributed by atoms with van der Waals surface area (Å²) in [6.45, 7) is 6.16. The van der Waals surface area contributed by atoms with Crippen molar-refractivity contribution in [3.8, 4) is 5.75 Å². The normalized spacial score (nSPS) is 22.6. The molecule has 0 bridgehead atoms. The lowest BCUT2D eigenvalue weighted by atomic mass is 10.1. The Hall–Kier alpha value is -0.400. The molecule has 0 heterocycles. The van der Waals surface area contributed by atoms with Crippen LogP contribution < -0.4 is 4.74 Å². The Morgan fingerprint density at radius 1 is 1.20 bits per heavy atom. The van der Waals surface area contributed by atoms with Crippen LogP contribution in [-0.2, 0) is 0 Å². The number of hydrogen-bond acceptors (Lipinski definition) is 1. The maximum atomic E-state index is 5.93. The van der Waals surface area contributed by atoms with Gasteiger partial charge in [-0.1, -0.05) is 40.9 Å². The minimum absolute atomic E-state index is 0.0547. The van der Waals surface area contributed by atoms with Crippen LogP contribution in [0.5, 0.6) is 5.75 Å². The van der Waals surface area contributed by atoms with Gasteiger partial charge in [0.05, 0.1) is 0 Å². The lowest BCUT2D eigenvalue weighted by Crippen LogP contribution is -2.07. The summed E-state index contributed by atoms with van der Waals surface area (Å²) in [7, 11) is 0. The summed E-state index contributed by atoms with van der Waals surface area (Å²) in [6, 6.07) is 4.21. The van der Waals surface area contributed by atoms with Gasteiger partial charge in [0.25, 0.3) is 0 Å². The third-order valence-corrected chi connectivity index (χ3v) is 3.43. The van der Waals surface area contributed by atoms with Crippen molar-refractivity contribution in [2.45, 2.75) is 37.6 Å². The summed E-state index contributed by atoms with van der Waals surface area (Å²) >= 11 is 11.9. The van der Waals surface area contributed by atoms with E-state index >= 15 is 0 Å². The fourth-order valence-corrected chi connectivity index (χ4v) is 2.18. The minimum Gasteiger partial charge on any atom is -0.487 e. The first-order valence-electron chi connectivity index (χ1n) is 5.02. The van der Waals surface area contributed by atoms with Crippen LogP contribution in [0.2, 0.25) is 0 Å². The molecule has 1 aliphatic carbocycles. The van der Waals surface area contributed by atoms with Gasteiger partial charge in [-0.05, 0) is 31.9 Å². The van der Waals surface area contributed by atoms with E-state index in [9.17, 15) is 0 Å². The van der Waals surface area contributed by atoms with Gasteiger partial charge in [-0.3, -0.25) is 0 Å². The number of ether oxygens (including phenoxy) is 1. The molecular formula is C12H14Cl2O. The van der Waals surface area contributed by atoms with Crippen LogP contribution in [0.25, 0.3) is 0 Å². The Kier molecular flexibility index (Phi) is 2.64. The third kappa shape index (κ3) is 2.24. The molecule has 2 rings (SSSR count). The monoisotopic (exact) mass is 244 g/mol. The van der Waals surface area contributed by atoms with E-state index in [-0.39, 0.29) is 6.10 Å². The first kappa shape index (κ1) is 11.1. The van der Waals surface area contributed by atoms with Crippen molar-refractivity contribution < 1.29 is 4.74 Å². The van der Waals surface area contributed by atoms with E-state index in [1.807, 2.05) is 13.8 Å². The minimum atomic E-state index is -0.677. The predicted molar refractivity (Wildman–Crippen MR) is 64.1 cm³/mol. The molecule has 3 heteroatoms. The second-order valence-corrected chi connectivity index (χ2v) is 5.84. The van der Waals surface area contributed by atoms with Gasteiger partial charge in [-0.25, -0.2) is 0 Å². The van der Waals surface area contributed by atoms with Crippen molar-refractivity contribution >= 4 is 23.2 Å². The van der Waals surface area contributed by atoms with E-state index < -0.39 is 4.33 Å². The number of alkyl halides is 2. The molecule has 15 heavy (non-hydrogen) atoms. The molecule has 1 saturated carbocycles. The van der Waals surface area contributed by atoms with E-state index in [0.717, 1.165) is 16.9 Å². The van der Waals surface area contributed by atoms with Crippen molar-refractivity contribution in [2.24, 2.45) is 0 Å². The van der Waals surface area contributed by atoms with E-state index in [0.29, 0.717) is 6.42 Å². The van der Waals surface area contributed by atoms with Gasteiger partial charge in [0.1, 0.15) is 11.9 Å². The lowest BCUT2D eigenvalue weighted by molar-refractivity contribution is 0.296. The average Bonchev–Trinajstić information content (AvgIpc) is 2.66. The Labute approximate surface area is 100 Å². The van der Waals surface area contributed by atoms with Gasteiger partial charge in [-0.15, -0.1) is 0 Å². The summed E-state index contributed by atoms with van der Waals surface area (Å²) in [5, 5.41) is 0. The fourth-order valence-electron chi connectivity index (χ4n) is 1.81.